The molecule has 1 aliphatic heterocycles. The van der Waals surface area contributed by atoms with E-state index < -0.39 is 0 Å². The molecule has 0 amide bonds. The smallest absolute Gasteiger partial charge is 0.0736 e. The fraction of sp³-hybridized carbons (Fsp3) is 0.0244. The Hall–Kier alpha value is -5.05. The number of nitrogens with zero attached hydrogens (tertiary/aromatic N) is 1. The molecule has 0 saturated carbocycles. The number of aromatic nitrogens is 1. The van der Waals surface area contributed by atoms with E-state index in [4.69, 9.17) is 0 Å². The fourth-order valence-electron chi connectivity index (χ4n) is 7.91. The number of hydrogen-bond acceptors (Lipinski definition) is 1. The van der Waals surface area contributed by atoms with Crippen molar-refractivity contribution in [2.24, 2.45) is 0 Å². The molecule has 2 heteroatoms. The summed E-state index contributed by atoms with van der Waals surface area (Å²) in [5, 5.41) is 5.09. The molecule has 0 fully saturated rings. The van der Waals surface area contributed by atoms with Crippen molar-refractivity contribution in [2.75, 3.05) is 0 Å². The predicted octanol–water partition coefficient (Wildman–Crippen LogP) is 10.8. The molecular formula is C41H25NS. The first-order valence-electron chi connectivity index (χ1n) is 14.9. The van der Waals surface area contributed by atoms with Crippen molar-refractivity contribution in [3.05, 3.63) is 174 Å². The molecule has 200 valence electrons. The average molecular weight is 564 g/mol. The van der Waals surface area contributed by atoms with Crippen molar-refractivity contribution < 1.29 is 0 Å². The van der Waals surface area contributed by atoms with E-state index in [1.807, 2.05) is 11.8 Å². The van der Waals surface area contributed by atoms with Crippen LogP contribution in [0.25, 0.3) is 49.4 Å². The Morgan fingerprint density at radius 1 is 0.419 bits per heavy atom. The Morgan fingerprint density at radius 2 is 1.07 bits per heavy atom. The Bertz CT molecular complexity index is 2400. The number of hydrogen-bond donors (Lipinski definition) is 0. The van der Waals surface area contributed by atoms with Crippen LogP contribution in [0, 0.1) is 0 Å². The Morgan fingerprint density at radius 3 is 1.88 bits per heavy atom. The minimum atomic E-state index is -0.386. The van der Waals surface area contributed by atoms with Crippen molar-refractivity contribution >= 4 is 44.3 Å². The van der Waals surface area contributed by atoms with Gasteiger partial charge in [-0.25, -0.2) is 0 Å². The van der Waals surface area contributed by atoms with Crippen molar-refractivity contribution in [3.8, 4) is 16.8 Å². The van der Waals surface area contributed by atoms with Gasteiger partial charge in [-0.1, -0.05) is 121 Å². The van der Waals surface area contributed by atoms with E-state index >= 15 is 0 Å². The molecule has 10 rings (SSSR count). The van der Waals surface area contributed by atoms with Crippen LogP contribution in [0.15, 0.2) is 161 Å². The van der Waals surface area contributed by atoms with Crippen LogP contribution in [-0.2, 0) is 5.41 Å². The third kappa shape index (κ3) is 2.99. The zero-order valence-electron chi connectivity index (χ0n) is 23.3. The summed E-state index contributed by atoms with van der Waals surface area (Å²) in [5.74, 6) is 0. The van der Waals surface area contributed by atoms with E-state index in [2.05, 4.69) is 156 Å². The summed E-state index contributed by atoms with van der Waals surface area (Å²) in [5.41, 5.74) is 11.4. The van der Waals surface area contributed by atoms with Crippen molar-refractivity contribution in [1.82, 2.24) is 4.57 Å². The molecule has 43 heavy (non-hydrogen) atoms. The number of benzene rings is 7. The molecule has 1 aliphatic carbocycles. The molecule has 8 aromatic rings. The fourth-order valence-corrected chi connectivity index (χ4v) is 9.10. The van der Waals surface area contributed by atoms with Crippen LogP contribution in [0.1, 0.15) is 22.3 Å². The van der Waals surface area contributed by atoms with E-state index in [1.54, 1.807) is 0 Å². The van der Waals surface area contributed by atoms with E-state index in [1.165, 1.54) is 81.4 Å². The van der Waals surface area contributed by atoms with E-state index in [-0.39, 0.29) is 5.41 Å². The standard InChI is InChI=1S/C41H25NS/c1-2-12-27-23-28(22-21-26(27)11-1)42-37-18-8-4-14-30(37)32-24-31-29-13-3-5-15-33(29)41(36(31)25-38(32)42)34-16-6-9-19-39(34)43-40-20-10-7-17-35(40)41/h1-25H. The second-order valence-corrected chi connectivity index (χ2v) is 12.8. The lowest BCUT2D eigenvalue weighted by Gasteiger charge is -2.39. The lowest BCUT2D eigenvalue weighted by atomic mass is 9.67. The Balaban J connectivity index is 1.39. The summed E-state index contributed by atoms with van der Waals surface area (Å²) in [4.78, 5) is 2.66. The first-order valence-corrected chi connectivity index (χ1v) is 15.7. The van der Waals surface area contributed by atoms with E-state index in [0.717, 1.165) is 0 Å². The molecule has 2 aliphatic rings. The number of fused-ring (bicyclic) bond motifs is 13. The molecule has 0 unspecified atom stereocenters. The Labute approximate surface area is 254 Å². The van der Waals surface area contributed by atoms with Crippen LogP contribution < -0.4 is 0 Å². The highest BCUT2D eigenvalue weighted by atomic mass is 32.2. The minimum Gasteiger partial charge on any atom is -0.309 e. The monoisotopic (exact) mass is 563 g/mol. The summed E-state index contributed by atoms with van der Waals surface area (Å²) in [6, 6.07) is 56.5. The molecular weight excluding hydrogens is 539 g/mol. The summed E-state index contributed by atoms with van der Waals surface area (Å²) >= 11 is 1.90. The van der Waals surface area contributed by atoms with Gasteiger partial charge in [0.05, 0.1) is 16.4 Å². The molecule has 2 heterocycles. The van der Waals surface area contributed by atoms with Crippen LogP contribution in [0.4, 0.5) is 0 Å². The quantitative estimate of drug-likeness (QED) is 0.192. The van der Waals surface area contributed by atoms with Gasteiger partial charge in [0.25, 0.3) is 0 Å². The maximum Gasteiger partial charge on any atom is 0.0736 e. The first kappa shape index (κ1) is 23.5. The zero-order valence-corrected chi connectivity index (χ0v) is 24.1. The Kier molecular flexibility index (Phi) is 4.65. The normalized spacial score (nSPS) is 14.1. The second-order valence-electron chi connectivity index (χ2n) is 11.7. The van der Waals surface area contributed by atoms with Crippen LogP contribution in [0.3, 0.4) is 0 Å². The van der Waals surface area contributed by atoms with Crippen molar-refractivity contribution in [1.29, 1.82) is 0 Å². The maximum atomic E-state index is 2.52. The average Bonchev–Trinajstić information content (AvgIpc) is 3.54. The third-order valence-electron chi connectivity index (χ3n) is 9.63. The topological polar surface area (TPSA) is 4.93 Å². The van der Waals surface area contributed by atoms with Gasteiger partial charge in [0.2, 0.25) is 0 Å². The van der Waals surface area contributed by atoms with Crippen LogP contribution >= 0.6 is 11.8 Å². The highest BCUT2D eigenvalue weighted by Crippen LogP contribution is 2.62. The van der Waals surface area contributed by atoms with Gasteiger partial charge in [-0.3, -0.25) is 0 Å². The summed E-state index contributed by atoms with van der Waals surface area (Å²) in [7, 11) is 0. The summed E-state index contributed by atoms with van der Waals surface area (Å²) < 4.78 is 2.48. The summed E-state index contributed by atoms with van der Waals surface area (Å²) in [6.45, 7) is 0. The van der Waals surface area contributed by atoms with Gasteiger partial charge >= 0.3 is 0 Å². The zero-order chi connectivity index (χ0) is 28.1. The van der Waals surface area contributed by atoms with Crippen LogP contribution in [-0.4, -0.2) is 4.57 Å². The molecule has 0 atom stereocenters. The molecule has 0 N–H and O–H groups in total. The van der Waals surface area contributed by atoms with Gasteiger partial charge in [-0.05, 0) is 86.6 Å². The molecule has 0 bridgehead atoms. The van der Waals surface area contributed by atoms with Gasteiger partial charge in [-0.2, -0.15) is 0 Å². The lowest BCUT2D eigenvalue weighted by molar-refractivity contribution is 0.723. The van der Waals surface area contributed by atoms with Gasteiger partial charge in [-0.15, -0.1) is 0 Å². The van der Waals surface area contributed by atoms with Gasteiger partial charge in [0.1, 0.15) is 0 Å². The summed E-state index contributed by atoms with van der Waals surface area (Å²) in [6.07, 6.45) is 0. The second kappa shape index (κ2) is 8.50. The first-order chi connectivity index (χ1) is 21.3. The molecule has 1 aromatic heterocycles. The lowest BCUT2D eigenvalue weighted by Crippen LogP contribution is -2.31. The largest absolute Gasteiger partial charge is 0.309 e. The molecule has 7 aromatic carbocycles. The van der Waals surface area contributed by atoms with E-state index in [0.29, 0.717) is 0 Å². The van der Waals surface area contributed by atoms with Gasteiger partial charge in [0.15, 0.2) is 0 Å². The van der Waals surface area contributed by atoms with Crippen molar-refractivity contribution in [3.63, 3.8) is 0 Å². The minimum absolute atomic E-state index is 0.386. The highest BCUT2D eigenvalue weighted by Gasteiger charge is 2.50. The molecule has 0 saturated heterocycles. The SMILES string of the molecule is c1ccc2c(c1)Sc1ccccc1C21c2ccccc2-c2cc3c4ccccc4n(-c4ccc5ccccc5c4)c3cc21. The van der Waals surface area contributed by atoms with Crippen LogP contribution in [0.5, 0.6) is 0 Å². The number of rotatable bonds is 1. The van der Waals surface area contributed by atoms with Gasteiger partial charge in [0, 0.05) is 26.3 Å². The molecule has 1 nitrogen and oxygen atoms in total. The molecule has 0 radical (unpaired) electrons. The van der Waals surface area contributed by atoms with Crippen LogP contribution in [0.2, 0.25) is 0 Å². The highest BCUT2D eigenvalue weighted by molar-refractivity contribution is 7.99. The number of para-hydroxylation sites is 1. The molecule has 1 spiro atoms. The van der Waals surface area contributed by atoms with Gasteiger partial charge < -0.3 is 4.57 Å². The maximum absolute atomic E-state index is 2.52. The van der Waals surface area contributed by atoms with E-state index in [9.17, 15) is 0 Å². The van der Waals surface area contributed by atoms with Crippen molar-refractivity contribution in [2.45, 2.75) is 15.2 Å². The third-order valence-corrected chi connectivity index (χ3v) is 10.8. The predicted molar refractivity (Wildman–Crippen MR) is 180 cm³/mol.